The summed E-state index contributed by atoms with van der Waals surface area (Å²) in [6.45, 7) is 3.53. The molecule has 2 saturated heterocycles. The first kappa shape index (κ1) is 25.4. The van der Waals surface area contributed by atoms with Gasteiger partial charge in [0.25, 0.3) is 0 Å². The Hall–Kier alpha value is -3.28. The lowest BCUT2D eigenvalue weighted by Gasteiger charge is -2.38. The minimum absolute atomic E-state index is 0.0499. The standard InChI is InChI=1S/C26H31N5O5S/c1-35-22-9-7-20(8-10-22)25-27-24(36-28-25)19-29-13-11-21(12-14-29)26(32)30-15-17-31(18-16-30)37(33,34)23-5-3-2-4-6-23/h2-10,21H,11-19H2,1H3. The molecule has 3 aromatic rings. The van der Waals surface area contributed by atoms with E-state index in [9.17, 15) is 13.2 Å². The predicted octanol–water partition coefficient (Wildman–Crippen LogP) is 2.49. The number of carbonyl (C=O) groups excluding carboxylic acids is 1. The van der Waals surface area contributed by atoms with Gasteiger partial charge in [0, 0.05) is 37.7 Å². The number of nitrogens with zero attached hydrogens (tertiary/aromatic N) is 5. The monoisotopic (exact) mass is 525 g/mol. The first-order valence-corrected chi connectivity index (χ1v) is 13.9. The zero-order valence-corrected chi connectivity index (χ0v) is 21.6. The molecule has 0 saturated carbocycles. The summed E-state index contributed by atoms with van der Waals surface area (Å²) in [5.41, 5.74) is 0.858. The molecule has 0 bridgehead atoms. The van der Waals surface area contributed by atoms with Crippen molar-refractivity contribution >= 4 is 15.9 Å². The van der Waals surface area contributed by atoms with Crippen LogP contribution in [0.25, 0.3) is 11.4 Å². The molecule has 0 unspecified atom stereocenters. The zero-order valence-electron chi connectivity index (χ0n) is 20.8. The fourth-order valence-corrected chi connectivity index (χ4v) is 6.30. The summed E-state index contributed by atoms with van der Waals surface area (Å²) in [5.74, 6) is 1.92. The van der Waals surface area contributed by atoms with Crippen molar-refractivity contribution < 1.29 is 22.5 Å². The Bertz CT molecular complexity index is 1300. The van der Waals surface area contributed by atoms with E-state index >= 15 is 0 Å². The normalized spacial score (nSPS) is 18.1. The number of aromatic nitrogens is 2. The highest BCUT2D eigenvalue weighted by atomic mass is 32.2. The van der Waals surface area contributed by atoms with Gasteiger partial charge in [0.1, 0.15) is 5.75 Å². The van der Waals surface area contributed by atoms with Crippen LogP contribution in [0.1, 0.15) is 18.7 Å². The molecular weight excluding hydrogens is 494 g/mol. The van der Waals surface area contributed by atoms with Gasteiger partial charge in [0.15, 0.2) is 0 Å². The van der Waals surface area contributed by atoms with Gasteiger partial charge in [0.2, 0.25) is 27.6 Å². The molecule has 2 aromatic carbocycles. The molecule has 0 N–H and O–H groups in total. The number of sulfonamides is 1. The molecule has 0 spiro atoms. The number of methoxy groups -OCH3 is 1. The summed E-state index contributed by atoms with van der Waals surface area (Å²) in [4.78, 5) is 22.0. The number of benzene rings is 2. The van der Waals surface area contributed by atoms with E-state index in [4.69, 9.17) is 9.26 Å². The van der Waals surface area contributed by atoms with E-state index in [2.05, 4.69) is 15.0 Å². The molecule has 10 nitrogen and oxygen atoms in total. The Morgan fingerprint density at radius 3 is 2.30 bits per heavy atom. The number of amides is 1. The zero-order chi connectivity index (χ0) is 25.8. The maximum atomic E-state index is 13.1. The molecule has 11 heteroatoms. The lowest BCUT2D eigenvalue weighted by atomic mass is 9.95. The van der Waals surface area contributed by atoms with E-state index in [0.29, 0.717) is 49.3 Å². The number of piperazine rings is 1. The van der Waals surface area contributed by atoms with Crippen LogP contribution in [0.15, 0.2) is 64.0 Å². The second-order valence-corrected chi connectivity index (χ2v) is 11.3. The third kappa shape index (κ3) is 5.68. The molecule has 37 heavy (non-hydrogen) atoms. The Morgan fingerprint density at radius 2 is 1.65 bits per heavy atom. The van der Waals surface area contributed by atoms with Gasteiger partial charge < -0.3 is 14.2 Å². The average Bonchev–Trinajstić information content (AvgIpc) is 3.42. The SMILES string of the molecule is COc1ccc(-c2noc(CN3CCC(C(=O)N4CCN(S(=O)(=O)c5ccccc5)CC4)CC3)n2)cc1. The molecule has 5 rings (SSSR count). The largest absolute Gasteiger partial charge is 0.497 e. The minimum atomic E-state index is -3.53. The smallest absolute Gasteiger partial charge is 0.243 e. The quantitative estimate of drug-likeness (QED) is 0.463. The fourth-order valence-electron chi connectivity index (χ4n) is 4.85. The topological polar surface area (TPSA) is 109 Å². The van der Waals surface area contributed by atoms with Crippen molar-refractivity contribution in [3.63, 3.8) is 0 Å². The molecule has 196 valence electrons. The maximum Gasteiger partial charge on any atom is 0.243 e. The Morgan fingerprint density at radius 1 is 0.973 bits per heavy atom. The number of ether oxygens (including phenoxy) is 1. The van der Waals surface area contributed by atoms with Gasteiger partial charge in [-0.1, -0.05) is 23.4 Å². The second kappa shape index (κ2) is 11.0. The van der Waals surface area contributed by atoms with E-state index < -0.39 is 10.0 Å². The number of hydrogen-bond donors (Lipinski definition) is 0. The van der Waals surface area contributed by atoms with Gasteiger partial charge in [0.05, 0.1) is 18.6 Å². The van der Waals surface area contributed by atoms with Gasteiger partial charge in [-0.25, -0.2) is 8.42 Å². The van der Waals surface area contributed by atoms with Gasteiger partial charge in [-0.2, -0.15) is 9.29 Å². The van der Waals surface area contributed by atoms with Crippen LogP contribution >= 0.6 is 0 Å². The number of piperidine rings is 1. The number of rotatable bonds is 7. The molecule has 2 aliphatic heterocycles. The lowest BCUT2D eigenvalue weighted by molar-refractivity contribution is -0.138. The Kier molecular flexibility index (Phi) is 7.54. The van der Waals surface area contributed by atoms with Crippen LogP contribution in [0.2, 0.25) is 0 Å². The van der Waals surface area contributed by atoms with Crippen LogP contribution in [0.3, 0.4) is 0 Å². The van der Waals surface area contributed by atoms with Gasteiger partial charge >= 0.3 is 0 Å². The van der Waals surface area contributed by atoms with Crippen LogP contribution < -0.4 is 4.74 Å². The van der Waals surface area contributed by atoms with E-state index in [1.54, 1.807) is 37.4 Å². The van der Waals surface area contributed by atoms with Crippen LogP contribution in [0, 0.1) is 5.92 Å². The summed E-state index contributed by atoms with van der Waals surface area (Å²) in [7, 11) is -1.91. The first-order valence-electron chi connectivity index (χ1n) is 12.5. The van der Waals surface area contributed by atoms with E-state index in [0.717, 1.165) is 37.2 Å². The molecule has 1 amide bonds. The number of likely N-dealkylation sites (tertiary alicyclic amines) is 1. The summed E-state index contributed by atoms with van der Waals surface area (Å²) < 4.78 is 37.8. The maximum absolute atomic E-state index is 13.1. The van der Waals surface area contributed by atoms with Crippen molar-refractivity contribution in [3.8, 4) is 17.1 Å². The molecule has 0 radical (unpaired) electrons. The molecule has 1 aromatic heterocycles. The third-order valence-corrected chi connectivity index (χ3v) is 8.96. The fraction of sp³-hybridized carbons (Fsp3) is 0.423. The highest BCUT2D eigenvalue weighted by Gasteiger charge is 2.34. The van der Waals surface area contributed by atoms with Crippen LogP contribution in [-0.2, 0) is 21.4 Å². The van der Waals surface area contributed by atoms with Crippen LogP contribution in [0.4, 0.5) is 0 Å². The highest BCUT2D eigenvalue weighted by molar-refractivity contribution is 7.89. The molecule has 2 fully saturated rings. The van der Waals surface area contributed by atoms with Crippen LogP contribution in [-0.4, -0.2) is 84.9 Å². The summed E-state index contributed by atoms with van der Waals surface area (Å²) in [6.07, 6.45) is 1.50. The molecule has 2 aliphatic rings. The van der Waals surface area contributed by atoms with Crippen LogP contribution in [0.5, 0.6) is 5.75 Å². The van der Waals surface area contributed by atoms with Gasteiger partial charge in [-0.05, 0) is 62.3 Å². The van der Waals surface area contributed by atoms with Crippen molar-refractivity contribution in [1.29, 1.82) is 0 Å². The molecule has 3 heterocycles. The van der Waals surface area contributed by atoms with Crippen molar-refractivity contribution in [2.24, 2.45) is 5.92 Å². The second-order valence-electron chi connectivity index (χ2n) is 9.33. The van der Waals surface area contributed by atoms with Crippen molar-refractivity contribution in [1.82, 2.24) is 24.2 Å². The summed E-state index contributed by atoms with van der Waals surface area (Å²) in [6, 6.07) is 15.9. The van der Waals surface area contributed by atoms with Crippen molar-refractivity contribution in [2.75, 3.05) is 46.4 Å². The number of hydrogen-bond acceptors (Lipinski definition) is 8. The minimum Gasteiger partial charge on any atom is -0.497 e. The lowest BCUT2D eigenvalue weighted by Crippen LogP contribution is -2.52. The molecule has 0 atom stereocenters. The summed E-state index contributed by atoms with van der Waals surface area (Å²) >= 11 is 0. The van der Waals surface area contributed by atoms with E-state index in [-0.39, 0.29) is 11.8 Å². The summed E-state index contributed by atoms with van der Waals surface area (Å²) in [5, 5.41) is 4.09. The molecule has 0 aliphatic carbocycles. The van der Waals surface area contributed by atoms with Gasteiger partial charge in [-0.3, -0.25) is 9.69 Å². The number of carbonyl (C=O) groups is 1. The Labute approximate surface area is 216 Å². The molecular formula is C26H31N5O5S. The highest BCUT2D eigenvalue weighted by Crippen LogP contribution is 2.24. The Balaban J connectivity index is 1.09. The first-order chi connectivity index (χ1) is 17.9. The average molecular weight is 526 g/mol. The third-order valence-electron chi connectivity index (χ3n) is 7.04. The van der Waals surface area contributed by atoms with E-state index in [1.807, 2.05) is 29.2 Å². The predicted molar refractivity (Wildman–Crippen MR) is 136 cm³/mol. The van der Waals surface area contributed by atoms with Crippen molar-refractivity contribution in [3.05, 3.63) is 60.5 Å². The van der Waals surface area contributed by atoms with Gasteiger partial charge in [-0.15, -0.1) is 0 Å². The van der Waals surface area contributed by atoms with Crippen molar-refractivity contribution in [2.45, 2.75) is 24.3 Å². The van der Waals surface area contributed by atoms with E-state index in [1.165, 1.54) is 4.31 Å².